The molecular formula is C12H15N3O. The van der Waals surface area contributed by atoms with Gasteiger partial charge in [0.2, 0.25) is 0 Å². The van der Waals surface area contributed by atoms with Gasteiger partial charge in [-0.2, -0.15) is 0 Å². The number of imidazole rings is 1. The molecule has 3 rings (SSSR count). The largest absolute Gasteiger partial charge is 0.460 e. The summed E-state index contributed by atoms with van der Waals surface area (Å²) < 4.78 is 7.75. The van der Waals surface area contributed by atoms with Gasteiger partial charge in [-0.05, 0) is 31.9 Å². The lowest BCUT2D eigenvalue weighted by Gasteiger charge is -2.20. The second-order valence-corrected chi connectivity index (χ2v) is 4.40. The highest BCUT2D eigenvalue weighted by Crippen LogP contribution is 2.27. The molecule has 1 atom stereocenters. The second-order valence-electron chi connectivity index (χ2n) is 4.40. The Kier molecular flexibility index (Phi) is 2.11. The van der Waals surface area contributed by atoms with Crippen molar-refractivity contribution in [2.24, 2.45) is 5.73 Å². The maximum atomic E-state index is 5.93. The molecule has 0 bridgehead atoms. The Labute approximate surface area is 94.1 Å². The van der Waals surface area contributed by atoms with Crippen LogP contribution >= 0.6 is 0 Å². The molecule has 0 radical (unpaired) electrons. The highest BCUT2D eigenvalue weighted by Gasteiger charge is 2.21. The topological polar surface area (TPSA) is 57.0 Å². The number of hydrogen-bond acceptors (Lipinski definition) is 3. The molecule has 0 spiro atoms. The first-order chi connectivity index (χ1) is 7.74. The van der Waals surface area contributed by atoms with Crippen molar-refractivity contribution in [3.05, 3.63) is 29.9 Å². The van der Waals surface area contributed by atoms with Gasteiger partial charge in [-0.3, -0.25) is 0 Å². The van der Waals surface area contributed by atoms with E-state index in [-0.39, 0.29) is 6.04 Å². The number of nitrogens with zero attached hydrogens (tertiary/aromatic N) is 2. The van der Waals surface area contributed by atoms with Crippen molar-refractivity contribution in [1.29, 1.82) is 0 Å². The van der Waals surface area contributed by atoms with Gasteiger partial charge in [-0.15, -0.1) is 0 Å². The number of furan rings is 1. The van der Waals surface area contributed by atoms with Gasteiger partial charge in [-0.25, -0.2) is 4.98 Å². The van der Waals surface area contributed by atoms with E-state index in [0.717, 1.165) is 36.6 Å². The summed E-state index contributed by atoms with van der Waals surface area (Å²) in [6.45, 7) is 2.81. The minimum atomic E-state index is 0.257. The van der Waals surface area contributed by atoms with Crippen molar-refractivity contribution < 1.29 is 4.42 Å². The molecule has 0 fully saturated rings. The van der Waals surface area contributed by atoms with Crippen LogP contribution in [-0.4, -0.2) is 15.6 Å². The molecule has 16 heavy (non-hydrogen) atoms. The maximum Gasteiger partial charge on any atom is 0.154 e. The molecule has 84 valence electrons. The van der Waals surface area contributed by atoms with E-state index in [0.29, 0.717) is 0 Å². The van der Waals surface area contributed by atoms with Crippen LogP contribution in [0.5, 0.6) is 0 Å². The van der Waals surface area contributed by atoms with Crippen LogP contribution in [0, 0.1) is 6.92 Å². The Bertz CT molecular complexity index is 512. The Morgan fingerprint density at radius 3 is 3.12 bits per heavy atom. The summed E-state index contributed by atoms with van der Waals surface area (Å²) in [5.41, 5.74) is 8.15. The summed E-state index contributed by atoms with van der Waals surface area (Å²) in [6.07, 6.45) is 3.87. The average molecular weight is 217 g/mol. The molecule has 4 nitrogen and oxygen atoms in total. The van der Waals surface area contributed by atoms with Gasteiger partial charge in [0.1, 0.15) is 11.5 Å². The molecule has 1 aliphatic heterocycles. The van der Waals surface area contributed by atoms with Gasteiger partial charge in [0.25, 0.3) is 0 Å². The summed E-state index contributed by atoms with van der Waals surface area (Å²) >= 11 is 0. The van der Waals surface area contributed by atoms with Crippen molar-refractivity contribution >= 4 is 0 Å². The van der Waals surface area contributed by atoms with E-state index in [1.807, 2.05) is 25.4 Å². The van der Waals surface area contributed by atoms with Crippen LogP contribution < -0.4 is 5.73 Å². The van der Waals surface area contributed by atoms with Gasteiger partial charge in [0, 0.05) is 18.3 Å². The fourth-order valence-corrected chi connectivity index (χ4v) is 2.26. The van der Waals surface area contributed by atoms with Crippen LogP contribution in [0.25, 0.3) is 11.5 Å². The first kappa shape index (κ1) is 9.66. The van der Waals surface area contributed by atoms with Crippen molar-refractivity contribution in [3.8, 4) is 11.5 Å². The Morgan fingerprint density at radius 2 is 2.38 bits per heavy atom. The SMILES string of the molecule is Cc1ccc(-c2ncn3c2CCC(N)C3)o1. The van der Waals surface area contributed by atoms with E-state index in [4.69, 9.17) is 10.2 Å². The van der Waals surface area contributed by atoms with E-state index in [1.165, 1.54) is 5.69 Å². The van der Waals surface area contributed by atoms with Crippen LogP contribution in [0.2, 0.25) is 0 Å². The minimum Gasteiger partial charge on any atom is -0.460 e. The van der Waals surface area contributed by atoms with E-state index in [1.54, 1.807) is 0 Å². The molecule has 0 saturated carbocycles. The van der Waals surface area contributed by atoms with Crippen LogP contribution in [0.3, 0.4) is 0 Å². The number of nitrogens with two attached hydrogens (primary N) is 1. The van der Waals surface area contributed by atoms with Crippen LogP contribution in [0.4, 0.5) is 0 Å². The van der Waals surface area contributed by atoms with Crippen LogP contribution in [-0.2, 0) is 13.0 Å². The summed E-state index contributed by atoms with van der Waals surface area (Å²) in [7, 11) is 0. The molecule has 2 aromatic rings. The maximum absolute atomic E-state index is 5.93. The highest BCUT2D eigenvalue weighted by molar-refractivity contribution is 5.56. The minimum absolute atomic E-state index is 0.257. The third-order valence-electron chi connectivity index (χ3n) is 3.10. The molecular weight excluding hydrogens is 202 g/mol. The summed E-state index contributed by atoms with van der Waals surface area (Å²) in [5, 5.41) is 0. The van der Waals surface area contributed by atoms with E-state index < -0.39 is 0 Å². The molecule has 0 aliphatic carbocycles. The predicted octanol–water partition coefficient (Wildman–Crippen LogP) is 1.73. The zero-order chi connectivity index (χ0) is 11.1. The lowest BCUT2D eigenvalue weighted by Crippen LogP contribution is -2.31. The van der Waals surface area contributed by atoms with Crippen molar-refractivity contribution in [2.45, 2.75) is 32.4 Å². The monoisotopic (exact) mass is 217 g/mol. The average Bonchev–Trinajstić information content (AvgIpc) is 2.83. The Morgan fingerprint density at radius 1 is 1.50 bits per heavy atom. The first-order valence-corrected chi connectivity index (χ1v) is 5.60. The van der Waals surface area contributed by atoms with Crippen LogP contribution in [0.1, 0.15) is 17.9 Å². The van der Waals surface area contributed by atoms with Gasteiger partial charge in [-0.1, -0.05) is 0 Å². The molecule has 0 amide bonds. The standard InChI is InChI=1S/C12H15N3O/c1-8-2-5-11(16-8)12-10-4-3-9(13)6-15(10)7-14-12/h2,5,7,9H,3-4,6,13H2,1H3. The van der Waals surface area contributed by atoms with Gasteiger partial charge >= 0.3 is 0 Å². The number of fused-ring (bicyclic) bond motifs is 1. The summed E-state index contributed by atoms with van der Waals surface area (Å²) in [5.74, 6) is 1.78. The predicted molar refractivity (Wildman–Crippen MR) is 61.0 cm³/mol. The van der Waals surface area contributed by atoms with Crippen molar-refractivity contribution in [2.75, 3.05) is 0 Å². The Hall–Kier alpha value is -1.55. The van der Waals surface area contributed by atoms with E-state index in [9.17, 15) is 0 Å². The molecule has 4 heteroatoms. The fraction of sp³-hybridized carbons (Fsp3) is 0.417. The van der Waals surface area contributed by atoms with E-state index >= 15 is 0 Å². The smallest absolute Gasteiger partial charge is 0.154 e. The lowest BCUT2D eigenvalue weighted by molar-refractivity contribution is 0.460. The third kappa shape index (κ3) is 1.46. The van der Waals surface area contributed by atoms with Gasteiger partial charge < -0.3 is 14.7 Å². The normalized spacial score (nSPS) is 19.8. The van der Waals surface area contributed by atoms with E-state index in [2.05, 4.69) is 9.55 Å². The zero-order valence-corrected chi connectivity index (χ0v) is 9.31. The molecule has 1 unspecified atom stereocenters. The fourth-order valence-electron chi connectivity index (χ4n) is 2.26. The quantitative estimate of drug-likeness (QED) is 0.791. The third-order valence-corrected chi connectivity index (χ3v) is 3.10. The zero-order valence-electron chi connectivity index (χ0n) is 9.31. The van der Waals surface area contributed by atoms with Crippen molar-refractivity contribution in [3.63, 3.8) is 0 Å². The number of hydrogen-bond donors (Lipinski definition) is 1. The second kappa shape index (κ2) is 3.49. The van der Waals surface area contributed by atoms with Crippen LogP contribution in [0.15, 0.2) is 22.9 Å². The lowest BCUT2D eigenvalue weighted by atomic mass is 10.0. The summed E-state index contributed by atoms with van der Waals surface area (Å²) in [4.78, 5) is 4.43. The molecule has 2 N–H and O–H groups in total. The first-order valence-electron chi connectivity index (χ1n) is 5.60. The van der Waals surface area contributed by atoms with Gasteiger partial charge in [0.15, 0.2) is 5.76 Å². The van der Waals surface area contributed by atoms with Crippen molar-refractivity contribution in [1.82, 2.24) is 9.55 Å². The highest BCUT2D eigenvalue weighted by atomic mass is 16.3. The molecule has 0 aromatic carbocycles. The Balaban J connectivity index is 2.03. The number of aryl methyl sites for hydroxylation is 1. The molecule has 3 heterocycles. The number of aromatic nitrogens is 2. The van der Waals surface area contributed by atoms with Gasteiger partial charge in [0.05, 0.1) is 6.33 Å². The molecule has 2 aromatic heterocycles. The molecule has 1 aliphatic rings. The molecule has 0 saturated heterocycles. The summed E-state index contributed by atoms with van der Waals surface area (Å²) in [6, 6.07) is 4.20. The number of rotatable bonds is 1.